The highest BCUT2D eigenvalue weighted by Crippen LogP contribution is 2.30. The van der Waals surface area contributed by atoms with Gasteiger partial charge in [-0.2, -0.15) is 13.2 Å². The van der Waals surface area contributed by atoms with Gasteiger partial charge in [0.15, 0.2) is 0 Å². The van der Waals surface area contributed by atoms with Crippen LogP contribution in [0.1, 0.15) is 98.8 Å². The maximum Gasteiger partial charge on any atom is 0.440 e. The molecule has 2 aromatic carbocycles. The number of hydrogen-bond acceptors (Lipinski definition) is 9. The molecule has 2 aromatic rings. The molecule has 2 aliphatic heterocycles. The number of carbonyl (C=O) groups excluding carboxylic acids is 4. The molecule has 10 nitrogen and oxygen atoms in total. The van der Waals surface area contributed by atoms with E-state index in [0.29, 0.717) is 55.9 Å². The molecule has 270 valence electrons. The number of nitrogens with zero attached hydrogens (tertiary/aromatic N) is 4. The van der Waals surface area contributed by atoms with Gasteiger partial charge in [0, 0.05) is 53.0 Å². The third kappa shape index (κ3) is 10.9. The summed E-state index contributed by atoms with van der Waals surface area (Å²) < 4.78 is 41.1. The maximum absolute atomic E-state index is 13.7. The number of oxime groups is 2. The summed E-state index contributed by atoms with van der Waals surface area (Å²) in [5.41, 5.74) is -1.53. The van der Waals surface area contributed by atoms with Crippen molar-refractivity contribution in [1.82, 2.24) is 9.80 Å². The number of Topliss-reactive ketones (excluding diaryl/α,β-unsaturated/α-hetero) is 2. The summed E-state index contributed by atoms with van der Waals surface area (Å²) in [5.74, 6) is -1.94. The van der Waals surface area contributed by atoms with Crippen LogP contribution in [0.5, 0.6) is 0 Å². The Kier molecular flexibility index (Phi) is 14.4. The van der Waals surface area contributed by atoms with Crippen LogP contribution in [-0.4, -0.2) is 77.3 Å². The minimum atomic E-state index is -5.14. The number of amides is 2. The van der Waals surface area contributed by atoms with Crippen molar-refractivity contribution >= 4 is 46.9 Å². The van der Waals surface area contributed by atoms with E-state index >= 15 is 0 Å². The smallest absolute Gasteiger partial charge is 0.306 e. The van der Waals surface area contributed by atoms with Gasteiger partial charge in [-0.1, -0.05) is 48.8 Å². The third-order valence-electron chi connectivity index (χ3n) is 8.64. The van der Waals surface area contributed by atoms with Gasteiger partial charge in [-0.3, -0.25) is 19.3 Å². The van der Waals surface area contributed by atoms with E-state index in [2.05, 4.69) is 22.1 Å². The molecule has 2 amide bonds. The van der Waals surface area contributed by atoms with Gasteiger partial charge >= 0.3 is 18.4 Å². The highest BCUT2D eigenvalue weighted by Gasteiger charge is 2.42. The topological polar surface area (TPSA) is 118 Å². The van der Waals surface area contributed by atoms with Gasteiger partial charge in [-0.05, 0) is 99.9 Å². The van der Waals surface area contributed by atoms with Crippen LogP contribution in [0.15, 0.2) is 68.6 Å². The van der Waals surface area contributed by atoms with Crippen molar-refractivity contribution in [3.63, 3.8) is 0 Å². The fourth-order valence-electron chi connectivity index (χ4n) is 5.72. The molecule has 2 fully saturated rings. The Morgan fingerprint density at radius 1 is 0.720 bits per heavy atom. The lowest BCUT2D eigenvalue weighted by Gasteiger charge is -2.24. The zero-order valence-electron chi connectivity index (χ0n) is 28.4. The number of piperidine rings is 2. The molecular weight excluding hydrogens is 673 g/mol. The molecule has 14 heteroatoms. The Morgan fingerprint density at radius 3 is 1.62 bits per heavy atom. The van der Waals surface area contributed by atoms with Gasteiger partial charge in [-0.25, -0.2) is 9.59 Å². The van der Waals surface area contributed by atoms with E-state index in [-0.39, 0.29) is 23.0 Å². The molecule has 0 aliphatic carbocycles. The van der Waals surface area contributed by atoms with Crippen LogP contribution in [0.3, 0.4) is 0 Å². The monoisotopic (exact) mass is 716 g/mol. The second kappa shape index (κ2) is 18.7. The summed E-state index contributed by atoms with van der Waals surface area (Å²) in [6.45, 7) is 5.94. The van der Waals surface area contributed by atoms with Crippen molar-refractivity contribution in [3.05, 3.63) is 59.7 Å². The molecular formula is C36H43F3N4O6S. The summed E-state index contributed by atoms with van der Waals surface area (Å²) in [7, 11) is 0. The number of likely N-dealkylation sites (tertiary alicyclic amines) is 2. The van der Waals surface area contributed by atoms with Crippen LogP contribution >= 0.6 is 11.8 Å². The number of benzene rings is 2. The zero-order valence-corrected chi connectivity index (χ0v) is 29.2. The largest absolute Gasteiger partial charge is 0.440 e. The molecule has 2 aliphatic rings. The molecule has 0 spiro atoms. The summed E-state index contributed by atoms with van der Waals surface area (Å²) in [5, 5.41) is 7.05. The maximum atomic E-state index is 13.7. The summed E-state index contributed by atoms with van der Waals surface area (Å²) in [6, 6.07) is 12.2. The number of halogens is 3. The van der Waals surface area contributed by atoms with Crippen LogP contribution in [0.4, 0.5) is 22.8 Å². The fourth-order valence-corrected chi connectivity index (χ4v) is 6.54. The van der Waals surface area contributed by atoms with E-state index in [1.165, 1.54) is 40.9 Å². The normalized spacial score (nSPS) is 16.5. The molecule has 1 unspecified atom stereocenters. The fraction of sp³-hybridized carbons (Fsp3) is 0.500. The Balaban J connectivity index is 1.43. The van der Waals surface area contributed by atoms with E-state index in [0.717, 1.165) is 49.8 Å². The lowest BCUT2D eigenvalue weighted by atomic mass is 9.89. The van der Waals surface area contributed by atoms with E-state index in [9.17, 15) is 32.3 Å². The van der Waals surface area contributed by atoms with Gasteiger partial charge in [0.2, 0.25) is 17.3 Å². The predicted molar refractivity (Wildman–Crippen MR) is 184 cm³/mol. The highest BCUT2D eigenvalue weighted by atomic mass is 32.2. The molecule has 0 aromatic heterocycles. The lowest BCUT2D eigenvalue weighted by molar-refractivity contribution is -0.0606. The molecule has 0 N–H and O–H groups in total. The number of alkyl halides is 3. The van der Waals surface area contributed by atoms with Crippen molar-refractivity contribution in [2.24, 2.45) is 16.2 Å². The standard InChI is InChI=1S/C36H43F3N4O6S/c1-3-5-12-25(4-2)30(40-48-34(46)42-21-8-6-9-22-42)31(44)26-13-17-28(18-14-26)50-29-19-15-27(16-20-29)32(45)33(36(37,38)39)41-49-35(47)43-23-10-7-11-24-43/h13-20,25H,3-12,21-24H2,1-2H3/b40-30+,41-33-. The van der Waals surface area contributed by atoms with Gasteiger partial charge < -0.3 is 9.80 Å². The summed E-state index contributed by atoms with van der Waals surface area (Å²) >= 11 is 1.28. The lowest BCUT2D eigenvalue weighted by Crippen LogP contribution is -2.37. The number of carbonyl (C=O) groups is 4. The van der Waals surface area contributed by atoms with E-state index in [4.69, 9.17) is 4.84 Å². The van der Waals surface area contributed by atoms with Gasteiger partial charge in [0.25, 0.3) is 0 Å². The van der Waals surface area contributed by atoms with Crippen molar-refractivity contribution < 1.29 is 42.0 Å². The van der Waals surface area contributed by atoms with Gasteiger partial charge in [-0.15, -0.1) is 0 Å². The molecule has 0 radical (unpaired) electrons. The molecule has 2 heterocycles. The first-order valence-corrected chi connectivity index (χ1v) is 18.0. The molecule has 0 bridgehead atoms. The van der Waals surface area contributed by atoms with Crippen molar-refractivity contribution in [1.29, 1.82) is 0 Å². The van der Waals surface area contributed by atoms with Crippen LogP contribution in [0.25, 0.3) is 0 Å². The zero-order chi connectivity index (χ0) is 36.1. The predicted octanol–water partition coefficient (Wildman–Crippen LogP) is 8.94. The second-order valence-corrected chi connectivity index (χ2v) is 13.4. The Bertz CT molecular complexity index is 1530. The molecule has 0 saturated carbocycles. The van der Waals surface area contributed by atoms with Crippen LogP contribution in [0.2, 0.25) is 0 Å². The first-order valence-electron chi connectivity index (χ1n) is 17.1. The van der Waals surface area contributed by atoms with Gasteiger partial charge in [0.1, 0.15) is 5.71 Å². The average molecular weight is 717 g/mol. The molecule has 1 atom stereocenters. The molecule has 2 saturated heterocycles. The minimum absolute atomic E-state index is 0.184. The van der Waals surface area contributed by atoms with Gasteiger partial charge in [0.05, 0.1) is 0 Å². The molecule has 50 heavy (non-hydrogen) atoms. The SMILES string of the molecule is CCCCC(CC)/C(=N\OC(=O)N1CCCCC1)C(=O)c1ccc(Sc2ccc(C(=O)/C(=N/OC(=O)N3CCCCC3)C(F)(F)F)cc2)cc1. The van der Waals surface area contributed by atoms with E-state index < -0.39 is 29.9 Å². The number of ketones is 2. The van der Waals surface area contributed by atoms with E-state index in [1.54, 1.807) is 29.2 Å². The highest BCUT2D eigenvalue weighted by molar-refractivity contribution is 7.99. The van der Waals surface area contributed by atoms with E-state index in [1.807, 2.05) is 6.92 Å². The quantitative estimate of drug-likeness (QED) is 0.0879. The van der Waals surface area contributed by atoms with Crippen LogP contribution in [0, 0.1) is 5.92 Å². The first kappa shape index (κ1) is 38.6. The number of hydrogen-bond donors (Lipinski definition) is 0. The first-order chi connectivity index (χ1) is 24.0. The van der Waals surface area contributed by atoms with Crippen molar-refractivity contribution in [2.75, 3.05) is 26.2 Å². The average Bonchev–Trinajstić information content (AvgIpc) is 3.13. The Morgan fingerprint density at radius 2 is 1.18 bits per heavy atom. The van der Waals surface area contributed by atoms with Crippen LogP contribution in [-0.2, 0) is 9.68 Å². The van der Waals surface area contributed by atoms with Crippen molar-refractivity contribution in [2.45, 2.75) is 94.0 Å². The number of unbranched alkanes of at least 4 members (excludes halogenated alkanes) is 1. The van der Waals surface area contributed by atoms with Crippen molar-refractivity contribution in [3.8, 4) is 0 Å². The third-order valence-corrected chi connectivity index (χ3v) is 9.65. The number of rotatable bonds is 13. The summed E-state index contributed by atoms with van der Waals surface area (Å²) in [6.07, 6.45) is 1.67. The Hall–Kier alpha value is -4.20. The Labute approximate surface area is 294 Å². The second-order valence-electron chi connectivity index (χ2n) is 12.3. The summed E-state index contributed by atoms with van der Waals surface area (Å²) in [4.78, 5) is 65.3. The molecule has 4 rings (SSSR count). The van der Waals surface area contributed by atoms with Crippen LogP contribution < -0.4 is 0 Å². The minimum Gasteiger partial charge on any atom is -0.306 e.